The van der Waals surface area contributed by atoms with Gasteiger partial charge in [-0.25, -0.2) is 4.98 Å². The summed E-state index contributed by atoms with van der Waals surface area (Å²) in [6.45, 7) is 9.36. The van der Waals surface area contributed by atoms with Crippen LogP contribution in [0.15, 0.2) is 24.4 Å². The molecule has 1 unspecified atom stereocenters. The number of morpholine rings is 1. The molecule has 1 N–H and O–H groups in total. The number of fused-ring (bicyclic) bond motifs is 1. The number of nitrogens with zero attached hydrogens (tertiary/aromatic N) is 3. The van der Waals surface area contributed by atoms with E-state index in [-0.39, 0.29) is 23.5 Å². The third-order valence-corrected chi connectivity index (χ3v) is 8.19. The van der Waals surface area contributed by atoms with Crippen LogP contribution < -0.4 is 5.32 Å². The fourth-order valence-electron chi connectivity index (χ4n) is 6.00. The minimum atomic E-state index is -0.0324. The molecule has 2 aromatic rings. The van der Waals surface area contributed by atoms with Crippen LogP contribution in [-0.4, -0.2) is 79.1 Å². The van der Waals surface area contributed by atoms with Gasteiger partial charge in [-0.1, -0.05) is 26.3 Å². The number of amides is 1. The van der Waals surface area contributed by atoms with E-state index < -0.39 is 0 Å². The van der Waals surface area contributed by atoms with Gasteiger partial charge in [-0.3, -0.25) is 9.59 Å². The molecule has 2 aromatic heterocycles. The Balaban J connectivity index is 1.50. The Morgan fingerprint density at radius 2 is 1.97 bits per heavy atom. The first-order chi connectivity index (χ1) is 18.5. The molecular weight excluding hydrogens is 480 g/mol. The van der Waals surface area contributed by atoms with Gasteiger partial charge in [-0.2, -0.15) is 0 Å². The van der Waals surface area contributed by atoms with Gasteiger partial charge in [0.15, 0.2) is 5.78 Å². The van der Waals surface area contributed by atoms with E-state index in [0.717, 1.165) is 69.6 Å². The zero-order valence-electron chi connectivity index (χ0n) is 23.5. The van der Waals surface area contributed by atoms with Crippen molar-refractivity contribution >= 4 is 17.3 Å². The number of aryl methyl sites for hydroxylation is 1. The Morgan fingerprint density at radius 1 is 1.16 bits per heavy atom. The number of ketones is 1. The zero-order chi connectivity index (χ0) is 26.9. The summed E-state index contributed by atoms with van der Waals surface area (Å²) in [5.74, 6) is 1.42. The van der Waals surface area contributed by atoms with E-state index in [4.69, 9.17) is 14.5 Å². The van der Waals surface area contributed by atoms with Crippen LogP contribution in [0.2, 0.25) is 0 Å². The Bertz CT molecular complexity index is 1050. The van der Waals surface area contributed by atoms with Gasteiger partial charge in [0, 0.05) is 46.0 Å². The van der Waals surface area contributed by atoms with E-state index in [1.807, 2.05) is 29.3 Å². The van der Waals surface area contributed by atoms with Crippen LogP contribution in [0.5, 0.6) is 0 Å². The smallest absolute Gasteiger partial charge is 0.227 e. The highest BCUT2D eigenvalue weighted by atomic mass is 16.5. The Labute approximate surface area is 227 Å². The number of pyridine rings is 1. The van der Waals surface area contributed by atoms with Crippen LogP contribution in [0.4, 0.5) is 0 Å². The monoisotopic (exact) mass is 526 g/mol. The number of aromatic nitrogens is 2. The van der Waals surface area contributed by atoms with E-state index in [9.17, 15) is 9.59 Å². The summed E-state index contributed by atoms with van der Waals surface area (Å²) >= 11 is 0. The third kappa shape index (κ3) is 7.42. The van der Waals surface area contributed by atoms with Crippen LogP contribution in [0, 0.1) is 23.7 Å². The number of Topliss-reactive ketones (excluding diaryl/α,β-unsaturated/α-hetero) is 1. The maximum absolute atomic E-state index is 13.9. The molecule has 210 valence electrons. The van der Waals surface area contributed by atoms with Crippen LogP contribution >= 0.6 is 0 Å². The van der Waals surface area contributed by atoms with Crippen molar-refractivity contribution in [3.8, 4) is 0 Å². The Kier molecular flexibility index (Phi) is 10.7. The summed E-state index contributed by atoms with van der Waals surface area (Å²) in [6, 6.07) is 5.93. The molecule has 0 aromatic carbocycles. The number of ether oxygens (including phenoxy) is 2. The molecule has 0 spiro atoms. The molecule has 0 saturated carbocycles. The number of piperidine rings is 1. The number of unbranched alkanes of at least 4 members (excludes halogenated alkanes) is 1. The van der Waals surface area contributed by atoms with Crippen molar-refractivity contribution in [3.63, 3.8) is 0 Å². The highest BCUT2D eigenvalue weighted by Gasteiger charge is 2.35. The molecule has 1 amide bonds. The summed E-state index contributed by atoms with van der Waals surface area (Å²) in [5, 5.41) is 3.54. The number of imidazole rings is 1. The van der Waals surface area contributed by atoms with Gasteiger partial charge in [0.2, 0.25) is 5.91 Å². The highest BCUT2D eigenvalue weighted by molar-refractivity contribution is 5.96. The van der Waals surface area contributed by atoms with Gasteiger partial charge in [0.25, 0.3) is 0 Å². The van der Waals surface area contributed by atoms with Gasteiger partial charge >= 0.3 is 0 Å². The van der Waals surface area contributed by atoms with E-state index >= 15 is 0 Å². The van der Waals surface area contributed by atoms with E-state index in [1.165, 1.54) is 0 Å². The number of rotatable bonds is 13. The quantitative estimate of drug-likeness (QED) is 0.314. The molecule has 2 fully saturated rings. The first-order valence-corrected chi connectivity index (χ1v) is 14.5. The summed E-state index contributed by atoms with van der Waals surface area (Å²) in [6.07, 6.45) is 8.09. The number of hydrogen-bond donors (Lipinski definition) is 1. The molecule has 8 heteroatoms. The van der Waals surface area contributed by atoms with Crippen LogP contribution in [-0.2, 0) is 20.7 Å². The van der Waals surface area contributed by atoms with Crippen molar-refractivity contribution in [1.29, 1.82) is 0 Å². The molecule has 2 aliphatic heterocycles. The van der Waals surface area contributed by atoms with E-state index in [2.05, 4.69) is 23.6 Å². The topological polar surface area (TPSA) is 85.2 Å². The predicted octanol–water partition coefficient (Wildman–Crippen LogP) is 4.01. The molecule has 2 aliphatic rings. The summed E-state index contributed by atoms with van der Waals surface area (Å²) < 4.78 is 12.7. The molecule has 8 nitrogen and oxygen atoms in total. The normalized spacial score (nSPS) is 21.2. The number of nitrogens with one attached hydrogen (secondary N) is 1. The lowest BCUT2D eigenvalue weighted by Crippen LogP contribution is -2.50. The second-order valence-electron chi connectivity index (χ2n) is 11.4. The first kappa shape index (κ1) is 28.7. The summed E-state index contributed by atoms with van der Waals surface area (Å²) in [4.78, 5) is 33.9. The average molecular weight is 527 g/mol. The van der Waals surface area contributed by atoms with E-state index in [0.29, 0.717) is 50.3 Å². The molecule has 0 aliphatic carbocycles. The molecule has 0 radical (unpaired) electrons. The van der Waals surface area contributed by atoms with Crippen molar-refractivity contribution < 1.29 is 19.1 Å². The second-order valence-corrected chi connectivity index (χ2v) is 11.4. The highest BCUT2D eigenvalue weighted by Crippen LogP contribution is 2.33. The van der Waals surface area contributed by atoms with Crippen molar-refractivity contribution in [2.45, 2.75) is 58.8 Å². The fraction of sp³-hybridized carbons (Fsp3) is 0.700. The van der Waals surface area contributed by atoms with E-state index in [1.54, 1.807) is 7.11 Å². The molecule has 38 heavy (non-hydrogen) atoms. The first-order valence-electron chi connectivity index (χ1n) is 14.5. The van der Waals surface area contributed by atoms with Crippen LogP contribution in [0.3, 0.4) is 0 Å². The van der Waals surface area contributed by atoms with Crippen molar-refractivity contribution in [1.82, 2.24) is 19.6 Å². The molecule has 0 bridgehead atoms. The molecular formula is C30H46N4O4. The lowest BCUT2D eigenvalue weighted by atomic mass is 9.76. The van der Waals surface area contributed by atoms with Crippen molar-refractivity contribution in [3.05, 3.63) is 35.8 Å². The number of carbonyl (C=O) groups is 2. The predicted molar refractivity (Wildman–Crippen MR) is 148 cm³/mol. The zero-order valence-corrected chi connectivity index (χ0v) is 23.5. The molecule has 3 atom stereocenters. The SMILES string of the molecule is COCCCCc1c(C(=O)CC(CCC(C)C)[C@@H]2CNC[C@H](C(=O)N3CCOCC3)C2)nc2ccccn12. The number of methoxy groups -OCH3 is 1. The van der Waals surface area contributed by atoms with Gasteiger partial charge in [-0.15, -0.1) is 0 Å². The summed E-state index contributed by atoms with van der Waals surface area (Å²) in [7, 11) is 1.72. The van der Waals surface area contributed by atoms with Crippen molar-refractivity contribution in [2.24, 2.45) is 23.7 Å². The minimum Gasteiger partial charge on any atom is -0.385 e. The van der Waals surface area contributed by atoms with Gasteiger partial charge in [0.1, 0.15) is 11.3 Å². The van der Waals surface area contributed by atoms with Crippen LogP contribution in [0.25, 0.3) is 5.65 Å². The lowest BCUT2D eigenvalue weighted by molar-refractivity contribution is -0.140. The van der Waals surface area contributed by atoms with Gasteiger partial charge in [0.05, 0.1) is 24.8 Å². The fourth-order valence-corrected chi connectivity index (χ4v) is 6.00. The Morgan fingerprint density at radius 3 is 2.74 bits per heavy atom. The largest absolute Gasteiger partial charge is 0.385 e. The van der Waals surface area contributed by atoms with Crippen molar-refractivity contribution in [2.75, 3.05) is 53.1 Å². The maximum atomic E-state index is 13.9. The molecule has 2 saturated heterocycles. The second kappa shape index (κ2) is 14.2. The maximum Gasteiger partial charge on any atom is 0.227 e. The summed E-state index contributed by atoms with van der Waals surface area (Å²) in [5.41, 5.74) is 2.45. The molecule has 4 heterocycles. The van der Waals surface area contributed by atoms with Gasteiger partial charge in [-0.05, 0) is 68.5 Å². The Hall–Kier alpha value is -2.29. The average Bonchev–Trinajstić information content (AvgIpc) is 3.32. The molecule has 4 rings (SSSR count). The third-order valence-electron chi connectivity index (χ3n) is 8.19. The van der Waals surface area contributed by atoms with Crippen LogP contribution in [0.1, 0.15) is 68.6 Å². The number of hydrogen-bond acceptors (Lipinski definition) is 6. The lowest BCUT2D eigenvalue weighted by Gasteiger charge is -2.37. The number of carbonyl (C=O) groups excluding carboxylic acids is 2. The standard InChI is InChI=1S/C30H46N4O4/c1-22(2)10-11-23(24-18-25(21-31-20-24)30(36)33-13-16-38-17-14-33)19-27(35)29-26(8-5-7-15-37-3)34-12-6-4-9-28(34)32-29/h4,6,9,12,22-25,31H,5,7-8,10-11,13-21H2,1-3H3/t23?,24-,25+/m0/s1. The van der Waals surface area contributed by atoms with Gasteiger partial charge < -0.3 is 24.1 Å². The minimum absolute atomic E-state index is 0.0324.